The van der Waals surface area contributed by atoms with Gasteiger partial charge in [0.05, 0.1) is 11.1 Å². The van der Waals surface area contributed by atoms with E-state index in [1.165, 1.54) is 19.1 Å². The summed E-state index contributed by atoms with van der Waals surface area (Å²) in [5, 5.41) is 0. The summed E-state index contributed by atoms with van der Waals surface area (Å²) in [6, 6.07) is 4.25. The van der Waals surface area contributed by atoms with Crippen LogP contribution in [-0.4, -0.2) is 58.2 Å². The maximum Gasteiger partial charge on any atom is 0.324 e. The van der Waals surface area contributed by atoms with Gasteiger partial charge in [-0.05, 0) is 25.5 Å². The Morgan fingerprint density at radius 1 is 1.19 bits per heavy atom. The van der Waals surface area contributed by atoms with Crippen molar-refractivity contribution in [3.05, 3.63) is 35.4 Å². The van der Waals surface area contributed by atoms with E-state index < -0.39 is 48.4 Å². The SMILES string of the molecule is CC(N)C(=O)OCN1C(=O)CCC(N2C(=O)c3ccccc3C2=O)C1=O. The van der Waals surface area contributed by atoms with E-state index in [0.29, 0.717) is 0 Å². The van der Waals surface area contributed by atoms with Crippen molar-refractivity contribution in [1.29, 1.82) is 0 Å². The van der Waals surface area contributed by atoms with Crippen LogP contribution in [0.3, 0.4) is 0 Å². The van der Waals surface area contributed by atoms with Gasteiger partial charge in [0, 0.05) is 6.42 Å². The molecule has 3 rings (SSSR count). The first-order valence-corrected chi connectivity index (χ1v) is 8.06. The second-order valence-electron chi connectivity index (χ2n) is 6.12. The lowest BCUT2D eigenvalue weighted by Gasteiger charge is -2.34. The summed E-state index contributed by atoms with van der Waals surface area (Å²) in [7, 11) is 0. The first-order valence-electron chi connectivity index (χ1n) is 8.06. The molecule has 9 nitrogen and oxygen atoms in total. The maximum absolute atomic E-state index is 12.7. The molecule has 0 radical (unpaired) electrons. The van der Waals surface area contributed by atoms with Gasteiger partial charge in [-0.3, -0.25) is 28.9 Å². The molecular weight excluding hydrogens is 342 g/mol. The second kappa shape index (κ2) is 6.68. The fourth-order valence-corrected chi connectivity index (χ4v) is 2.95. The lowest BCUT2D eigenvalue weighted by atomic mass is 10.0. The highest BCUT2D eigenvalue weighted by Crippen LogP contribution is 2.28. The van der Waals surface area contributed by atoms with Gasteiger partial charge in [0.25, 0.3) is 17.7 Å². The Kier molecular flexibility index (Phi) is 4.56. The molecular formula is C17H17N3O6. The minimum absolute atomic E-state index is 0.0286. The van der Waals surface area contributed by atoms with E-state index in [1.807, 2.05) is 0 Å². The highest BCUT2D eigenvalue weighted by molar-refractivity contribution is 6.23. The standard InChI is InChI=1S/C17H17N3O6/c1-9(18)17(25)26-8-19-13(21)7-6-12(16(19)24)20-14(22)10-4-2-3-5-11(10)15(20)23/h2-5,9,12H,6-8,18H2,1H3. The molecule has 1 fully saturated rings. The fourth-order valence-electron chi connectivity index (χ4n) is 2.95. The Morgan fingerprint density at radius 3 is 2.31 bits per heavy atom. The van der Waals surface area contributed by atoms with E-state index in [4.69, 9.17) is 10.5 Å². The van der Waals surface area contributed by atoms with Gasteiger partial charge in [0.1, 0.15) is 12.1 Å². The molecule has 136 valence electrons. The Balaban J connectivity index is 1.80. The lowest BCUT2D eigenvalue weighted by molar-refractivity contribution is -0.164. The van der Waals surface area contributed by atoms with E-state index in [1.54, 1.807) is 12.1 Å². The number of fused-ring (bicyclic) bond motifs is 1. The van der Waals surface area contributed by atoms with Crippen LogP contribution in [-0.2, 0) is 19.1 Å². The Hall–Kier alpha value is -3.07. The number of nitrogens with zero attached hydrogens (tertiary/aromatic N) is 2. The number of likely N-dealkylation sites (tertiary alicyclic amines) is 1. The number of hydrogen-bond acceptors (Lipinski definition) is 7. The van der Waals surface area contributed by atoms with Crippen LogP contribution in [0, 0.1) is 0 Å². The molecule has 26 heavy (non-hydrogen) atoms. The van der Waals surface area contributed by atoms with Crippen molar-refractivity contribution >= 4 is 29.6 Å². The van der Waals surface area contributed by atoms with Crippen LogP contribution >= 0.6 is 0 Å². The van der Waals surface area contributed by atoms with Crippen molar-refractivity contribution < 1.29 is 28.7 Å². The predicted octanol–water partition coefficient (Wildman–Crippen LogP) is -0.352. The van der Waals surface area contributed by atoms with Crippen LogP contribution in [0.1, 0.15) is 40.5 Å². The van der Waals surface area contributed by atoms with Gasteiger partial charge in [0.2, 0.25) is 5.91 Å². The van der Waals surface area contributed by atoms with Crippen molar-refractivity contribution in [2.75, 3.05) is 6.73 Å². The molecule has 1 aromatic rings. The Morgan fingerprint density at radius 2 is 1.77 bits per heavy atom. The molecule has 0 spiro atoms. The molecule has 0 bridgehead atoms. The molecule has 2 unspecified atom stereocenters. The maximum atomic E-state index is 12.7. The van der Waals surface area contributed by atoms with Crippen molar-refractivity contribution in [3.8, 4) is 0 Å². The first kappa shape index (κ1) is 17.7. The number of amides is 4. The fraction of sp³-hybridized carbons (Fsp3) is 0.353. The summed E-state index contributed by atoms with van der Waals surface area (Å²) in [5.41, 5.74) is 5.81. The number of hydrogen-bond donors (Lipinski definition) is 1. The molecule has 2 atom stereocenters. The summed E-state index contributed by atoms with van der Waals surface area (Å²) >= 11 is 0. The number of imide groups is 2. The molecule has 2 N–H and O–H groups in total. The molecule has 0 aromatic heterocycles. The number of ether oxygens (including phenoxy) is 1. The molecule has 9 heteroatoms. The van der Waals surface area contributed by atoms with Crippen molar-refractivity contribution in [2.24, 2.45) is 5.73 Å². The van der Waals surface area contributed by atoms with E-state index in [-0.39, 0.29) is 24.0 Å². The van der Waals surface area contributed by atoms with Crippen LogP contribution < -0.4 is 5.73 Å². The minimum atomic E-state index is -1.12. The first-order chi connectivity index (χ1) is 12.3. The lowest BCUT2D eigenvalue weighted by Crippen LogP contribution is -2.56. The third kappa shape index (κ3) is 2.86. The van der Waals surface area contributed by atoms with E-state index in [0.717, 1.165) is 9.80 Å². The second-order valence-corrected chi connectivity index (χ2v) is 6.12. The number of benzene rings is 1. The van der Waals surface area contributed by atoms with Gasteiger partial charge in [-0.25, -0.2) is 4.90 Å². The summed E-state index contributed by atoms with van der Waals surface area (Å²) < 4.78 is 4.84. The van der Waals surface area contributed by atoms with E-state index >= 15 is 0 Å². The summed E-state index contributed by atoms with van der Waals surface area (Å²) in [5.74, 6) is -3.22. The van der Waals surface area contributed by atoms with Crippen LogP contribution in [0.4, 0.5) is 0 Å². The summed E-state index contributed by atoms with van der Waals surface area (Å²) in [6.07, 6.45) is -0.0274. The molecule has 4 amide bonds. The molecule has 1 aromatic carbocycles. The smallest absolute Gasteiger partial charge is 0.324 e. The Labute approximate surface area is 148 Å². The van der Waals surface area contributed by atoms with Crippen LogP contribution in [0.25, 0.3) is 0 Å². The zero-order chi connectivity index (χ0) is 19.0. The highest BCUT2D eigenvalue weighted by atomic mass is 16.5. The summed E-state index contributed by atoms with van der Waals surface area (Å²) in [6.45, 7) is 0.807. The quantitative estimate of drug-likeness (QED) is 0.575. The average molecular weight is 359 g/mol. The third-order valence-electron chi connectivity index (χ3n) is 4.33. The van der Waals surface area contributed by atoms with Crippen LogP contribution in [0.5, 0.6) is 0 Å². The number of esters is 1. The molecule has 2 aliphatic heterocycles. The van der Waals surface area contributed by atoms with Crippen molar-refractivity contribution in [3.63, 3.8) is 0 Å². The topological polar surface area (TPSA) is 127 Å². The molecule has 1 saturated heterocycles. The van der Waals surface area contributed by atoms with Gasteiger partial charge >= 0.3 is 5.97 Å². The number of carbonyl (C=O) groups excluding carboxylic acids is 5. The largest absolute Gasteiger partial charge is 0.443 e. The monoisotopic (exact) mass is 359 g/mol. The zero-order valence-electron chi connectivity index (χ0n) is 14.0. The number of rotatable bonds is 4. The van der Waals surface area contributed by atoms with Gasteiger partial charge in [0.15, 0.2) is 6.73 Å². The van der Waals surface area contributed by atoms with Crippen molar-refractivity contribution in [1.82, 2.24) is 9.80 Å². The van der Waals surface area contributed by atoms with Crippen molar-refractivity contribution in [2.45, 2.75) is 31.8 Å². The van der Waals surface area contributed by atoms with E-state index in [2.05, 4.69) is 0 Å². The van der Waals surface area contributed by atoms with E-state index in [9.17, 15) is 24.0 Å². The third-order valence-corrected chi connectivity index (χ3v) is 4.33. The van der Waals surface area contributed by atoms with Crippen LogP contribution in [0.2, 0.25) is 0 Å². The molecule has 0 aliphatic carbocycles. The number of piperidine rings is 1. The molecule has 2 aliphatic rings. The minimum Gasteiger partial charge on any atom is -0.443 e. The predicted molar refractivity (Wildman–Crippen MR) is 86.4 cm³/mol. The molecule has 0 saturated carbocycles. The van der Waals surface area contributed by atoms with Gasteiger partial charge < -0.3 is 10.5 Å². The average Bonchev–Trinajstić information content (AvgIpc) is 2.86. The normalized spacial score (nSPS) is 21.1. The number of carbonyl (C=O) groups is 5. The number of nitrogens with two attached hydrogens (primary N) is 1. The Bertz CT molecular complexity index is 783. The summed E-state index contributed by atoms with van der Waals surface area (Å²) in [4.78, 5) is 62.9. The van der Waals surface area contributed by atoms with Gasteiger partial charge in [-0.2, -0.15) is 0 Å². The zero-order valence-corrected chi connectivity index (χ0v) is 14.0. The van der Waals surface area contributed by atoms with Gasteiger partial charge in [-0.15, -0.1) is 0 Å². The van der Waals surface area contributed by atoms with Gasteiger partial charge in [-0.1, -0.05) is 12.1 Å². The van der Waals surface area contributed by atoms with Crippen LogP contribution in [0.15, 0.2) is 24.3 Å². The highest BCUT2D eigenvalue weighted by Gasteiger charge is 2.47. The molecule has 2 heterocycles.